The molecule has 2 aromatic rings. The number of thiazole rings is 1. The lowest BCUT2D eigenvalue weighted by Crippen LogP contribution is -2.39. The van der Waals surface area contributed by atoms with Crippen LogP contribution in [0.2, 0.25) is 0 Å². The van der Waals surface area contributed by atoms with E-state index in [2.05, 4.69) is 18.0 Å². The summed E-state index contributed by atoms with van der Waals surface area (Å²) < 4.78 is 32.5. The number of hydrogen-bond acceptors (Lipinski definition) is 6. The number of carbonyl (C=O) groups excluding carboxylic acids is 2. The second-order valence-corrected chi connectivity index (χ2v) is 10.3. The predicted octanol–water partition coefficient (Wildman–Crippen LogP) is 1.93. The summed E-state index contributed by atoms with van der Waals surface area (Å²) in [5.74, 6) is -0.981. The van der Waals surface area contributed by atoms with E-state index in [-0.39, 0.29) is 30.9 Å². The van der Waals surface area contributed by atoms with Crippen LogP contribution in [-0.2, 0) is 37.3 Å². The van der Waals surface area contributed by atoms with Crippen molar-refractivity contribution in [1.82, 2.24) is 8.87 Å². The molecule has 30 heavy (non-hydrogen) atoms. The number of carbonyl (C=O) groups is 2. The number of aryl methyl sites for hydroxylation is 1. The lowest BCUT2D eigenvalue weighted by atomic mass is 9.98. The minimum absolute atomic E-state index is 0.0159. The molecule has 0 unspecified atom stereocenters. The third kappa shape index (κ3) is 5.16. The summed E-state index contributed by atoms with van der Waals surface area (Å²) in [4.78, 5) is 29.8. The third-order valence-electron chi connectivity index (χ3n) is 5.23. The number of ether oxygens (including phenoxy) is 1. The molecule has 0 spiro atoms. The fourth-order valence-electron chi connectivity index (χ4n) is 3.53. The number of fused-ring (bicyclic) bond motifs is 1. The Morgan fingerprint density at radius 3 is 2.53 bits per heavy atom. The molecular weight excluding hydrogens is 426 g/mol. The Kier molecular flexibility index (Phi) is 7.10. The van der Waals surface area contributed by atoms with Gasteiger partial charge in [-0.05, 0) is 43.9 Å². The summed E-state index contributed by atoms with van der Waals surface area (Å²) in [6, 6.07) is 6.00. The Labute approximate surface area is 180 Å². The molecule has 0 bridgehead atoms. The maximum Gasteiger partial charge on any atom is 0.326 e. The Morgan fingerprint density at radius 1 is 1.23 bits per heavy atom. The number of sulfonamides is 1. The minimum atomic E-state index is -3.25. The Balaban J connectivity index is 1.92. The first kappa shape index (κ1) is 22.6. The number of amides is 1. The van der Waals surface area contributed by atoms with E-state index in [0.29, 0.717) is 30.7 Å². The molecule has 1 aliphatic rings. The highest BCUT2D eigenvalue weighted by molar-refractivity contribution is 7.88. The molecule has 1 aliphatic heterocycles. The molecule has 8 nitrogen and oxygen atoms in total. The lowest BCUT2D eigenvalue weighted by molar-refractivity contribution is -0.143. The van der Waals surface area contributed by atoms with Gasteiger partial charge in [-0.15, -0.1) is 0 Å². The van der Waals surface area contributed by atoms with Crippen LogP contribution in [0.4, 0.5) is 0 Å². The van der Waals surface area contributed by atoms with Gasteiger partial charge >= 0.3 is 5.97 Å². The van der Waals surface area contributed by atoms with Crippen LogP contribution >= 0.6 is 11.3 Å². The molecule has 1 saturated heterocycles. The molecule has 1 amide bonds. The fourth-order valence-corrected chi connectivity index (χ4v) is 5.50. The van der Waals surface area contributed by atoms with Crippen molar-refractivity contribution < 1.29 is 22.7 Å². The first-order chi connectivity index (χ1) is 14.2. The topological polar surface area (TPSA) is 98.0 Å². The zero-order valence-electron chi connectivity index (χ0n) is 17.5. The van der Waals surface area contributed by atoms with Crippen LogP contribution in [0.1, 0.15) is 32.3 Å². The van der Waals surface area contributed by atoms with Gasteiger partial charge in [0.25, 0.3) is 5.91 Å². The number of benzene rings is 1. The van der Waals surface area contributed by atoms with Crippen molar-refractivity contribution in [1.29, 1.82) is 0 Å². The van der Waals surface area contributed by atoms with Crippen LogP contribution in [0, 0.1) is 5.92 Å². The van der Waals surface area contributed by atoms with Gasteiger partial charge in [0.1, 0.15) is 6.54 Å². The molecule has 0 radical (unpaired) electrons. The Morgan fingerprint density at radius 2 is 1.93 bits per heavy atom. The highest BCUT2D eigenvalue weighted by Crippen LogP contribution is 2.22. The zero-order valence-corrected chi connectivity index (χ0v) is 19.1. The molecule has 2 heterocycles. The molecular formula is C20H27N3O5S2. The van der Waals surface area contributed by atoms with Crippen LogP contribution in [0.15, 0.2) is 23.2 Å². The van der Waals surface area contributed by atoms with Gasteiger partial charge in [0.05, 0.1) is 23.1 Å². The van der Waals surface area contributed by atoms with Gasteiger partial charge in [-0.3, -0.25) is 9.59 Å². The van der Waals surface area contributed by atoms with E-state index in [9.17, 15) is 18.0 Å². The molecule has 0 N–H and O–H groups in total. The zero-order chi connectivity index (χ0) is 21.9. The predicted molar refractivity (Wildman–Crippen MR) is 116 cm³/mol. The van der Waals surface area contributed by atoms with Gasteiger partial charge in [0.2, 0.25) is 10.0 Å². The van der Waals surface area contributed by atoms with Crippen molar-refractivity contribution in [2.45, 2.75) is 39.7 Å². The molecule has 1 aromatic heterocycles. The molecule has 0 aliphatic carbocycles. The van der Waals surface area contributed by atoms with Crippen molar-refractivity contribution in [2.75, 3.05) is 26.0 Å². The van der Waals surface area contributed by atoms with Crippen LogP contribution in [-0.4, -0.2) is 55.1 Å². The van der Waals surface area contributed by atoms with Crippen molar-refractivity contribution in [3.63, 3.8) is 0 Å². The van der Waals surface area contributed by atoms with E-state index in [1.165, 1.54) is 21.9 Å². The van der Waals surface area contributed by atoms with Crippen molar-refractivity contribution >= 4 is 43.5 Å². The number of nitrogens with zero attached hydrogens (tertiary/aromatic N) is 3. The number of rotatable bonds is 6. The first-order valence-electron chi connectivity index (χ1n) is 10.0. The summed E-state index contributed by atoms with van der Waals surface area (Å²) in [7, 11) is -3.25. The van der Waals surface area contributed by atoms with Crippen LogP contribution in [0.25, 0.3) is 10.2 Å². The standard InChI is InChI=1S/C20H27N3O5S2/c1-4-14-6-7-16-17(12-14)29-20(23(16)13-18(24)28-5-2)21-19(25)15-8-10-22(11-9-15)30(3,26)27/h6-7,12,15H,4-5,8-11,13H2,1-3H3. The average Bonchev–Trinajstić information content (AvgIpc) is 3.03. The summed E-state index contributed by atoms with van der Waals surface area (Å²) in [6.07, 6.45) is 2.95. The highest BCUT2D eigenvalue weighted by Gasteiger charge is 2.29. The summed E-state index contributed by atoms with van der Waals surface area (Å²) >= 11 is 1.37. The summed E-state index contributed by atoms with van der Waals surface area (Å²) in [5.41, 5.74) is 2.00. The van der Waals surface area contributed by atoms with E-state index < -0.39 is 10.0 Å². The molecule has 10 heteroatoms. The van der Waals surface area contributed by atoms with E-state index in [1.807, 2.05) is 12.1 Å². The van der Waals surface area contributed by atoms with E-state index >= 15 is 0 Å². The number of esters is 1. The molecule has 0 saturated carbocycles. The maximum atomic E-state index is 12.8. The lowest BCUT2D eigenvalue weighted by Gasteiger charge is -2.28. The van der Waals surface area contributed by atoms with E-state index in [1.54, 1.807) is 11.5 Å². The van der Waals surface area contributed by atoms with E-state index in [4.69, 9.17) is 4.74 Å². The van der Waals surface area contributed by atoms with Crippen LogP contribution < -0.4 is 4.80 Å². The molecule has 164 valence electrons. The second kappa shape index (κ2) is 9.40. The number of hydrogen-bond donors (Lipinski definition) is 0. The van der Waals surface area contributed by atoms with Crippen LogP contribution in [0.5, 0.6) is 0 Å². The monoisotopic (exact) mass is 453 g/mol. The van der Waals surface area contributed by atoms with Gasteiger partial charge in [0.15, 0.2) is 4.80 Å². The largest absolute Gasteiger partial charge is 0.465 e. The Hall–Kier alpha value is -2.04. The van der Waals surface area contributed by atoms with Gasteiger partial charge in [-0.25, -0.2) is 12.7 Å². The van der Waals surface area contributed by atoms with Crippen molar-refractivity contribution in [3.8, 4) is 0 Å². The third-order valence-corrected chi connectivity index (χ3v) is 7.57. The normalized spacial score (nSPS) is 16.8. The first-order valence-corrected chi connectivity index (χ1v) is 12.7. The Bertz CT molecular complexity index is 1110. The van der Waals surface area contributed by atoms with Crippen molar-refractivity contribution in [2.24, 2.45) is 10.9 Å². The highest BCUT2D eigenvalue weighted by atomic mass is 32.2. The maximum absolute atomic E-state index is 12.8. The summed E-state index contributed by atoms with van der Waals surface area (Å²) in [6.45, 7) is 4.72. The quantitative estimate of drug-likeness (QED) is 0.623. The minimum Gasteiger partial charge on any atom is -0.465 e. The number of piperidine rings is 1. The molecule has 1 aromatic carbocycles. The second-order valence-electron chi connectivity index (χ2n) is 7.32. The van der Waals surface area contributed by atoms with Gasteiger partial charge in [-0.2, -0.15) is 4.99 Å². The van der Waals surface area contributed by atoms with Gasteiger partial charge < -0.3 is 9.30 Å². The number of aromatic nitrogens is 1. The van der Waals surface area contributed by atoms with E-state index in [0.717, 1.165) is 22.2 Å². The van der Waals surface area contributed by atoms with Crippen LogP contribution in [0.3, 0.4) is 0 Å². The SMILES string of the molecule is CCOC(=O)Cn1c(=NC(=O)C2CCN(S(C)(=O)=O)CC2)sc2cc(CC)ccc21. The van der Waals surface area contributed by atoms with Gasteiger partial charge in [-0.1, -0.05) is 24.3 Å². The van der Waals surface area contributed by atoms with Crippen molar-refractivity contribution in [3.05, 3.63) is 28.6 Å². The molecule has 3 rings (SSSR count). The smallest absolute Gasteiger partial charge is 0.326 e. The molecule has 0 atom stereocenters. The fraction of sp³-hybridized carbons (Fsp3) is 0.550. The molecule has 1 fully saturated rings. The average molecular weight is 454 g/mol. The van der Waals surface area contributed by atoms with Gasteiger partial charge in [0, 0.05) is 19.0 Å². The summed E-state index contributed by atoms with van der Waals surface area (Å²) in [5, 5.41) is 0.